The molecule has 0 atom stereocenters. The third-order valence-electron chi connectivity index (χ3n) is 5.19. The van der Waals surface area contributed by atoms with Crippen molar-refractivity contribution in [2.24, 2.45) is 4.99 Å². The van der Waals surface area contributed by atoms with Crippen LogP contribution in [0.1, 0.15) is 24.0 Å². The number of hydrogen-bond donors (Lipinski definition) is 0. The molecule has 1 fully saturated rings. The molecule has 1 aromatic carbocycles. The van der Waals surface area contributed by atoms with Crippen LogP contribution in [0.15, 0.2) is 59.4 Å². The van der Waals surface area contributed by atoms with Crippen molar-refractivity contribution in [2.45, 2.75) is 12.8 Å². The van der Waals surface area contributed by atoms with E-state index in [0.29, 0.717) is 0 Å². The molecule has 0 bridgehead atoms. The van der Waals surface area contributed by atoms with Gasteiger partial charge in [0.05, 0.1) is 5.71 Å². The summed E-state index contributed by atoms with van der Waals surface area (Å²) in [4.78, 5) is 13.9. The largest absolute Gasteiger partial charge is 0.369 e. The Labute approximate surface area is 155 Å². The quantitative estimate of drug-likeness (QED) is 0.852. The van der Waals surface area contributed by atoms with E-state index in [-0.39, 0.29) is 0 Å². The molecule has 0 saturated carbocycles. The van der Waals surface area contributed by atoms with Crippen molar-refractivity contribution >= 4 is 17.5 Å². The second kappa shape index (κ2) is 7.83. The number of piperazine rings is 1. The minimum atomic E-state index is 0.906. The van der Waals surface area contributed by atoms with Crippen LogP contribution in [0.3, 0.4) is 0 Å². The molecule has 0 amide bonds. The van der Waals surface area contributed by atoms with E-state index in [0.717, 1.165) is 56.8 Å². The monoisotopic (exact) mass is 346 g/mol. The van der Waals surface area contributed by atoms with Crippen molar-refractivity contribution in [2.75, 3.05) is 44.7 Å². The first-order chi connectivity index (χ1) is 12.8. The minimum Gasteiger partial charge on any atom is -0.369 e. The topological polar surface area (TPSA) is 31.7 Å². The van der Waals surface area contributed by atoms with Gasteiger partial charge in [-0.15, -0.1) is 0 Å². The number of allylic oxidation sites excluding steroid dienone is 1. The number of nitrogens with zero attached hydrogens (tertiary/aromatic N) is 4. The maximum absolute atomic E-state index is 4.79. The first-order valence-electron chi connectivity index (χ1n) is 9.49. The first kappa shape index (κ1) is 17.0. The summed E-state index contributed by atoms with van der Waals surface area (Å²) in [5, 5.41) is 0. The molecule has 1 saturated heterocycles. The number of aromatic nitrogens is 1. The van der Waals surface area contributed by atoms with Gasteiger partial charge in [-0.1, -0.05) is 12.1 Å². The highest BCUT2D eigenvalue weighted by Crippen LogP contribution is 2.24. The lowest BCUT2D eigenvalue weighted by atomic mass is 9.95. The number of pyridine rings is 1. The van der Waals surface area contributed by atoms with E-state index in [4.69, 9.17) is 4.99 Å². The van der Waals surface area contributed by atoms with Crippen LogP contribution < -0.4 is 4.90 Å². The summed E-state index contributed by atoms with van der Waals surface area (Å²) in [5.74, 6) is 0. The van der Waals surface area contributed by atoms with Crippen LogP contribution in [0.5, 0.6) is 0 Å². The minimum absolute atomic E-state index is 0.906. The van der Waals surface area contributed by atoms with Gasteiger partial charge >= 0.3 is 0 Å². The Bertz CT molecular complexity index is 802. The van der Waals surface area contributed by atoms with Gasteiger partial charge in [-0.25, -0.2) is 0 Å². The van der Waals surface area contributed by atoms with Crippen LogP contribution >= 0.6 is 0 Å². The predicted octanol–water partition coefficient (Wildman–Crippen LogP) is 3.50. The molecular formula is C22H26N4. The van der Waals surface area contributed by atoms with Gasteiger partial charge in [0.2, 0.25) is 0 Å². The average Bonchev–Trinajstić information content (AvgIpc) is 2.70. The molecule has 0 N–H and O–H groups in total. The van der Waals surface area contributed by atoms with Crippen LogP contribution in [-0.4, -0.2) is 55.4 Å². The lowest BCUT2D eigenvalue weighted by Crippen LogP contribution is -2.44. The summed E-state index contributed by atoms with van der Waals surface area (Å²) in [6, 6.07) is 13.0. The molecule has 4 nitrogen and oxygen atoms in total. The Morgan fingerprint density at radius 3 is 2.73 bits per heavy atom. The highest BCUT2D eigenvalue weighted by molar-refractivity contribution is 6.15. The number of rotatable bonds is 3. The van der Waals surface area contributed by atoms with E-state index < -0.39 is 0 Å². The molecule has 2 aromatic rings. The molecular weight excluding hydrogens is 320 g/mol. The van der Waals surface area contributed by atoms with E-state index in [9.17, 15) is 0 Å². The van der Waals surface area contributed by atoms with Gasteiger partial charge in [0.15, 0.2) is 0 Å². The lowest BCUT2D eigenvalue weighted by Gasteiger charge is -2.34. The predicted molar refractivity (Wildman–Crippen MR) is 109 cm³/mol. The van der Waals surface area contributed by atoms with Gasteiger partial charge in [0, 0.05) is 56.4 Å². The molecule has 4 heteroatoms. The highest BCUT2D eigenvalue weighted by atomic mass is 15.2. The number of likely N-dealkylation sites (N-methyl/N-ethyl adjacent to an activating group) is 1. The van der Waals surface area contributed by atoms with Crippen molar-refractivity contribution in [1.82, 2.24) is 9.88 Å². The number of benzene rings is 1. The Hall–Kier alpha value is -2.46. The van der Waals surface area contributed by atoms with Crippen molar-refractivity contribution in [1.29, 1.82) is 0 Å². The summed E-state index contributed by atoms with van der Waals surface area (Å²) < 4.78 is 0. The van der Waals surface area contributed by atoms with Crippen LogP contribution in [0.4, 0.5) is 5.69 Å². The summed E-state index contributed by atoms with van der Waals surface area (Å²) >= 11 is 0. The molecule has 3 heterocycles. The molecule has 0 radical (unpaired) electrons. The number of hydrogen-bond acceptors (Lipinski definition) is 4. The second-order valence-electron chi connectivity index (χ2n) is 7.13. The summed E-state index contributed by atoms with van der Waals surface area (Å²) in [6.07, 6.45) is 8.24. The van der Waals surface area contributed by atoms with Crippen LogP contribution in [0.25, 0.3) is 6.08 Å². The van der Waals surface area contributed by atoms with Crippen molar-refractivity contribution in [3.8, 4) is 0 Å². The normalized spacial score (nSPS) is 20.3. The highest BCUT2D eigenvalue weighted by Gasteiger charge is 2.16. The van der Waals surface area contributed by atoms with Crippen molar-refractivity contribution in [3.63, 3.8) is 0 Å². The Kier molecular flexibility index (Phi) is 5.12. The fourth-order valence-corrected chi connectivity index (χ4v) is 3.68. The van der Waals surface area contributed by atoms with Gasteiger partial charge in [-0.05, 0) is 61.4 Å². The summed E-state index contributed by atoms with van der Waals surface area (Å²) in [5.41, 5.74) is 6.13. The molecule has 0 spiro atoms. The fourth-order valence-electron chi connectivity index (χ4n) is 3.68. The maximum Gasteiger partial charge on any atom is 0.0694 e. The molecule has 2 aliphatic heterocycles. The van der Waals surface area contributed by atoms with Crippen molar-refractivity contribution in [3.05, 3.63) is 65.5 Å². The molecule has 4 rings (SSSR count). The van der Waals surface area contributed by atoms with Gasteiger partial charge < -0.3 is 9.80 Å². The molecule has 0 unspecified atom stereocenters. The van der Waals surface area contributed by atoms with E-state index in [1.807, 2.05) is 18.5 Å². The average molecular weight is 346 g/mol. The smallest absolute Gasteiger partial charge is 0.0694 e. The van der Waals surface area contributed by atoms with E-state index >= 15 is 0 Å². The third-order valence-corrected chi connectivity index (χ3v) is 5.19. The Balaban J connectivity index is 1.60. The SMILES string of the molecule is CN1CCN(c2cccc(/C=C3\CCCN=C3c3cccnc3)c2)CC1. The summed E-state index contributed by atoms with van der Waals surface area (Å²) in [6.45, 7) is 5.35. The second-order valence-corrected chi connectivity index (χ2v) is 7.13. The number of anilines is 1. The first-order valence-corrected chi connectivity index (χ1v) is 9.49. The third kappa shape index (κ3) is 3.86. The standard InChI is InChI=1S/C22H26N4/c1-25-11-13-26(14-12-25)21-8-2-5-18(16-21)15-19-6-4-10-24-22(19)20-7-3-9-23-17-20/h2-3,5,7-9,15-17H,4,6,10-14H2,1H3/b19-15+. The van der Waals surface area contributed by atoms with E-state index in [1.54, 1.807) is 0 Å². The van der Waals surface area contributed by atoms with Gasteiger partial charge in [-0.2, -0.15) is 0 Å². The van der Waals surface area contributed by atoms with Crippen LogP contribution in [0, 0.1) is 0 Å². The van der Waals surface area contributed by atoms with Gasteiger partial charge in [0.25, 0.3) is 0 Å². The van der Waals surface area contributed by atoms with Crippen LogP contribution in [-0.2, 0) is 0 Å². The number of aliphatic imine (C=N–C) groups is 1. The zero-order chi connectivity index (χ0) is 17.8. The zero-order valence-corrected chi connectivity index (χ0v) is 15.4. The Morgan fingerprint density at radius 1 is 1.04 bits per heavy atom. The van der Waals surface area contributed by atoms with E-state index in [1.165, 1.54) is 16.8 Å². The van der Waals surface area contributed by atoms with Crippen molar-refractivity contribution < 1.29 is 0 Å². The molecule has 0 aliphatic carbocycles. The Morgan fingerprint density at radius 2 is 1.92 bits per heavy atom. The molecule has 26 heavy (non-hydrogen) atoms. The van der Waals surface area contributed by atoms with Gasteiger partial charge in [0.1, 0.15) is 0 Å². The van der Waals surface area contributed by atoms with Gasteiger partial charge in [-0.3, -0.25) is 9.98 Å². The lowest BCUT2D eigenvalue weighted by molar-refractivity contribution is 0.313. The van der Waals surface area contributed by atoms with Crippen LogP contribution in [0.2, 0.25) is 0 Å². The van der Waals surface area contributed by atoms with E-state index in [2.05, 4.69) is 58.2 Å². The molecule has 134 valence electrons. The zero-order valence-electron chi connectivity index (χ0n) is 15.4. The fraction of sp³-hybridized carbons (Fsp3) is 0.364. The molecule has 1 aromatic heterocycles. The maximum atomic E-state index is 4.79. The molecule has 2 aliphatic rings. The summed E-state index contributed by atoms with van der Waals surface area (Å²) in [7, 11) is 2.19.